The highest BCUT2D eigenvalue weighted by Crippen LogP contribution is 2.44. The van der Waals surface area contributed by atoms with Crippen LogP contribution >= 0.6 is 22.9 Å². The van der Waals surface area contributed by atoms with E-state index in [2.05, 4.69) is 10.4 Å². The molecule has 3 heterocycles. The van der Waals surface area contributed by atoms with Gasteiger partial charge >= 0.3 is 6.18 Å². The molecule has 0 fully saturated rings. The molecule has 0 amide bonds. The first-order valence-corrected chi connectivity index (χ1v) is 9.44. The van der Waals surface area contributed by atoms with Crippen molar-refractivity contribution in [1.82, 2.24) is 15.1 Å². The lowest BCUT2D eigenvalue weighted by atomic mass is 9.92. The second-order valence-corrected chi connectivity index (χ2v) is 7.96. The van der Waals surface area contributed by atoms with Gasteiger partial charge in [-0.15, -0.1) is 11.3 Å². The molecule has 0 saturated carbocycles. The van der Waals surface area contributed by atoms with Crippen molar-refractivity contribution in [2.45, 2.75) is 32.2 Å². The number of nitrogens with zero attached hydrogens (tertiary/aromatic N) is 2. The Morgan fingerprint density at radius 3 is 2.81 bits per heavy atom. The number of aromatic nitrogens is 2. The summed E-state index contributed by atoms with van der Waals surface area (Å²) in [4.78, 5) is 1.00. The highest BCUT2D eigenvalue weighted by Gasteiger charge is 2.39. The number of hydrogen-bond donors (Lipinski definition) is 1. The summed E-state index contributed by atoms with van der Waals surface area (Å²) in [6.45, 7) is 2.46. The first-order valence-electron chi connectivity index (χ1n) is 8.24. The van der Waals surface area contributed by atoms with Crippen molar-refractivity contribution in [3.8, 4) is 11.1 Å². The van der Waals surface area contributed by atoms with Gasteiger partial charge in [-0.1, -0.05) is 23.7 Å². The minimum atomic E-state index is -4.69. The maximum atomic E-state index is 14.8. The number of hydrogen-bond acceptors (Lipinski definition) is 3. The first-order chi connectivity index (χ1) is 12.8. The molecule has 1 atom stereocenters. The molecule has 1 aromatic carbocycles. The summed E-state index contributed by atoms with van der Waals surface area (Å²) in [7, 11) is 0. The molecule has 4 rings (SSSR count). The van der Waals surface area contributed by atoms with Gasteiger partial charge in [-0.2, -0.15) is 18.3 Å². The van der Waals surface area contributed by atoms with E-state index >= 15 is 0 Å². The highest BCUT2D eigenvalue weighted by atomic mass is 35.5. The average Bonchev–Trinajstić information content (AvgIpc) is 3.27. The van der Waals surface area contributed by atoms with Crippen molar-refractivity contribution in [3.05, 3.63) is 62.3 Å². The van der Waals surface area contributed by atoms with Crippen LogP contribution in [0.1, 0.15) is 34.7 Å². The van der Waals surface area contributed by atoms with E-state index in [1.54, 1.807) is 19.1 Å². The lowest BCUT2D eigenvalue weighted by Gasteiger charge is -2.18. The van der Waals surface area contributed by atoms with Gasteiger partial charge in [0.2, 0.25) is 0 Å². The van der Waals surface area contributed by atoms with E-state index in [-0.39, 0.29) is 17.7 Å². The molecule has 3 aromatic rings. The minimum Gasteiger partial charge on any atom is -0.301 e. The van der Waals surface area contributed by atoms with Gasteiger partial charge in [-0.25, -0.2) is 4.39 Å². The van der Waals surface area contributed by atoms with E-state index in [1.807, 2.05) is 0 Å². The molecule has 0 radical (unpaired) electrons. The molecule has 1 aliphatic rings. The summed E-state index contributed by atoms with van der Waals surface area (Å²) in [5.74, 6) is -0.717. The molecule has 1 N–H and O–H groups in total. The molecule has 0 saturated heterocycles. The van der Waals surface area contributed by atoms with Crippen LogP contribution in [0.5, 0.6) is 0 Å². The fraction of sp³-hybridized carbons (Fsp3) is 0.278. The van der Waals surface area contributed by atoms with Crippen LogP contribution in [-0.4, -0.2) is 9.78 Å². The lowest BCUT2D eigenvalue weighted by molar-refractivity contribution is -0.141. The first kappa shape index (κ1) is 18.5. The van der Waals surface area contributed by atoms with Crippen LogP contribution in [0.15, 0.2) is 30.5 Å². The van der Waals surface area contributed by atoms with E-state index < -0.39 is 23.7 Å². The summed E-state index contributed by atoms with van der Waals surface area (Å²) in [5.41, 5.74) is -0.124. The number of thiophene rings is 1. The van der Waals surface area contributed by atoms with Crippen LogP contribution in [0.25, 0.3) is 11.1 Å². The Kier molecular flexibility index (Phi) is 4.52. The number of alkyl halides is 3. The number of rotatable bonds is 3. The highest BCUT2D eigenvalue weighted by molar-refractivity contribution is 7.16. The fourth-order valence-corrected chi connectivity index (χ4v) is 4.68. The molecule has 0 aliphatic carbocycles. The molecule has 0 bridgehead atoms. The zero-order valence-corrected chi connectivity index (χ0v) is 15.6. The average molecular weight is 416 g/mol. The van der Waals surface area contributed by atoms with E-state index in [1.165, 1.54) is 34.3 Å². The fourth-order valence-electron chi connectivity index (χ4n) is 3.41. The zero-order valence-electron chi connectivity index (χ0n) is 14.1. The van der Waals surface area contributed by atoms with Gasteiger partial charge < -0.3 is 5.32 Å². The molecule has 0 unspecified atom stereocenters. The number of halogens is 5. The maximum absolute atomic E-state index is 14.8. The second kappa shape index (κ2) is 6.61. The molecule has 3 nitrogen and oxygen atoms in total. The van der Waals surface area contributed by atoms with Gasteiger partial charge in [0.1, 0.15) is 5.82 Å². The summed E-state index contributed by atoms with van der Waals surface area (Å²) < 4.78 is 57.2. The largest absolute Gasteiger partial charge is 0.435 e. The summed E-state index contributed by atoms with van der Waals surface area (Å²) in [6, 6.07) is 5.65. The van der Waals surface area contributed by atoms with Crippen LogP contribution in [0, 0.1) is 5.82 Å². The van der Waals surface area contributed by atoms with Gasteiger partial charge in [-0.3, -0.25) is 4.68 Å². The van der Waals surface area contributed by atoms with Crippen LogP contribution < -0.4 is 5.32 Å². The van der Waals surface area contributed by atoms with Gasteiger partial charge in [0.05, 0.1) is 10.4 Å². The quantitative estimate of drug-likeness (QED) is 0.561. The lowest BCUT2D eigenvalue weighted by Crippen LogP contribution is -2.16. The summed E-state index contributed by atoms with van der Waals surface area (Å²) in [6.07, 6.45) is -3.43. The minimum absolute atomic E-state index is 0.0859. The topological polar surface area (TPSA) is 29.9 Å². The Morgan fingerprint density at radius 1 is 1.33 bits per heavy atom. The Bertz CT molecular complexity index is 1010. The Balaban J connectivity index is 1.93. The predicted octanol–water partition coefficient (Wildman–Crippen LogP) is 5.64. The van der Waals surface area contributed by atoms with Crippen LogP contribution in [0.4, 0.5) is 17.6 Å². The molecular formula is C18H14ClF4N3S. The normalized spacial score (nSPS) is 16.7. The molecule has 1 aliphatic heterocycles. The molecule has 0 spiro atoms. The van der Waals surface area contributed by atoms with E-state index in [9.17, 15) is 17.6 Å². The van der Waals surface area contributed by atoms with Crippen LogP contribution in [0.3, 0.4) is 0 Å². The van der Waals surface area contributed by atoms with E-state index in [0.29, 0.717) is 16.4 Å². The van der Waals surface area contributed by atoms with E-state index in [0.717, 1.165) is 10.4 Å². The van der Waals surface area contributed by atoms with Crippen molar-refractivity contribution >= 4 is 22.9 Å². The van der Waals surface area contributed by atoms with Gasteiger partial charge in [0, 0.05) is 35.3 Å². The Morgan fingerprint density at radius 2 is 2.11 bits per heavy atom. The Labute approximate surface area is 161 Å². The second-order valence-electron chi connectivity index (χ2n) is 6.19. The van der Waals surface area contributed by atoms with Crippen molar-refractivity contribution in [2.75, 3.05) is 0 Å². The number of benzene rings is 1. The summed E-state index contributed by atoms with van der Waals surface area (Å²) >= 11 is 7.49. The SMILES string of the molecule is CCn1cc(-c2c(F)cccc2[C@@H]2NCc3sc(Cl)cc32)c(C(F)(F)F)n1. The standard InChI is InChI=1S/C18H14ClF4N3S/c1-2-26-8-11(17(25-26)18(21,22)23)15-9(4-3-5-12(15)20)16-10-6-14(19)27-13(10)7-24-16/h3-6,8,16,24H,2,7H2,1H3/t16-/m0/s1. The molecule has 9 heteroatoms. The smallest absolute Gasteiger partial charge is 0.301 e. The van der Waals surface area contributed by atoms with Gasteiger partial charge in [0.15, 0.2) is 5.69 Å². The Hall–Kier alpha value is -1.90. The third kappa shape index (κ3) is 3.15. The number of nitrogens with one attached hydrogen (secondary N) is 1. The van der Waals surface area contributed by atoms with Crippen molar-refractivity contribution in [3.63, 3.8) is 0 Å². The van der Waals surface area contributed by atoms with Gasteiger partial charge in [-0.05, 0) is 30.2 Å². The van der Waals surface area contributed by atoms with Crippen LogP contribution in [0.2, 0.25) is 4.34 Å². The van der Waals surface area contributed by atoms with Crippen molar-refractivity contribution < 1.29 is 17.6 Å². The van der Waals surface area contributed by atoms with Gasteiger partial charge in [0.25, 0.3) is 0 Å². The monoisotopic (exact) mass is 415 g/mol. The molecule has 27 heavy (non-hydrogen) atoms. The molecule has 2 aromatic heterocycles. The summed E-state index contributed by atoms with van der Waals surface area (Å²) in [5, 5.41) is 6.86. The van der Waals surface area contributed by atoms with Crippen molar-refractivity contribution in [1.29, 1.82) is 0 Å². The van der Waals surface area contributed by atoms with Crippen LogP contribution in [-0.2, 0) is 19.3 Å². The predicted molar refractivity (Wildman–Crippen MR) is 96.3 cm³/mol. The molecular weight excluding hydrogens is 402 g/mol. The zero-order chi connectivity index (χ0) is 19.3. The number of aryl methyl sites for hydroxylation is 1. The molecule has 142 valence electrons. The third-order valence-corrected chi connectivity index (χ3v) is 5.85. The van der Waals surface area contributed by atoms with E-state index in [4.69, 9.17) is 11.6 Å². The number of fused-ring (bicyclic) bond motifs is 1. The van der Waals surface area contributed by atoms with Crippen molar-refractivity contribution in [2.24, 2.45) is 0 Å². The maximum Gasteiger partial charge on any atom is 0.435 e. The third-order valence-electron chi connectivity index (χ3n) is 4.57.